The highest BCUT2D eigenvalue weighted by Gasteiger charge is 2.50. The molecule has 2 N–H and O–H groups in total. The van der Waals surface area contributed by atoms with E-state index in [-0.39, 0.29) is 35.8 Å². The summed E-state index contributed by atoms with van der Waals surface area (Å²) in [5, 5.41) is 8.28. The third kappa shape index (κ3) is 3.56. The zero-order valence-corrected chi connectivity index (χ0v) is 16.3. The Morgan fingerprint density at radius 3 is 2.57 bits per heavy atom. The molecule has 4 rings (SSSR count). The first-order valence-electron chi connectivity index (χ1n) is 9.52. The van der Waals surface area contributed by atoms with Crippen LogP contribution in [0.25, 0.3) is 11.6 Å². The smallest absolute Gasteiger partial charge is 0.280 e. The van der Waals surface area contributed by atoms with Gasteiger partial charge in [-0.05, 0) is 37.0 Å². The van der Waals surface area contributed by atoms with Crippen LogP contribution in [0.5, 0.6) is 0 Å². The van der Waals surface area contributed by atoms with Crippen molar-refractivity contribution < 1.29 is 13.3 Å². The summed E-state index contributed by atoms with van der Waals surface area (Å²) in [7, 11) is 0. The summed E-state index contributed by atoms with van der Waals surface area (Å²) in [6, 6.07) is 9.40. The van der Waals surface area contributed by atoms with Crippen molar-refractivity contribution in [1.82, 2.24) is 19.9 Å². The van der Waals surface area contributed by atoms with Crippen LogP contribution in [0.2, 0.25) is 0 Å². The SMILES string of the molecule is CC.Cc1ccccc1C1(c2noc(-c3cc(C(F)F)n(CCN)n3)n2)CC1. The molecule has 150 valence electrons. The summed E-state index contributed by atoms with van der Waals surface area (Å²) in [6.07, 6.45) is -0.784. The number of nitrogens with zero attached hydrogens (tertiary/aromatic N) is 4. The van der Waals surface area contributed by atoms with Crippen LogP contribution in [0, 0.1) is 6.92 Å². The summed E-state index contributed by atoms with van der Waals surface area (Å²) in [6.45, 7) is 6.47. The maximum absolute atomic E-state index is 13.2. The maximum atomic E-state index is 13.2. The van der Waals surface area contributed by atoms with Gasteiger partial charge in [0.25, 0.3) is 12.3 Å². The summed E-state index contributed by atoms with van der Waals surface area (Å²) >= 11 is 0. The molecule has 1 aliphatic carbocycles. The van der Waals surface area contributed by atoms with Crippen LogP contribution < -0.4 is 5.73 Å². The van der Waals surface area contributed by atoms with Gasteiger partial charge in [0, 0.05) is 6.54 Å². The van der Waals surface area contributed by atoms with E-state index in [1.165, 1.54) is 21.9 Å². The van der Waals surface area contributed by atoms with E-state index in [4.69, 9.17) is 10.3 Å². The van der Waals surface area contributed by atoms with E-state index in [1.54, 1.807) is 0 Å². The number of nitrogens with two attached hydrogens (primary N) is 1. The summed E-state index contributed by atoms with van der Waals surface area (Å²) < 4.78 is 32.9. The largest absolute Gasteiger partial charge is 0.332 e. The van der Waals surface area contributed by atoms with E-state index in [2.05, 4.69) is 34.3 Å². The molecule has 0 amide bonds. The van der Waals surface area contributed by atoms with Gasteiger partial charge in [0.1, 0.15) is 5.69 Å². The minimum absolute atomic E-state index is 0.150. The standard InChI is InChI=1S/C18H19F2N5O.C2H6/c1-11-4-2-3-5-12(11)18(6-7-18)17-22-16(26-24-17)13-10-14(15(19)20)25(23-13)9-8-21;1-2/h2-5,10,15H,6-9,21H2,1H3;1-2H3. The first kappa shape index (κ1) is 20.1. The zero-order valence-electron chi connectivity index (χ0n) is 16.3. The fraction of sp³-hybridized carbons (Fsp3) is 0.450. The van der Waals surface area contributed by atoms with Gasteiger partial charge in [-0.2, -0.15) is 10.1 Å². The fourth-order valence-corrected chi connectivity index (χ4v) is 3.38. The predicted octanol–water partition coefficient (Wildman–Crippen LogP) is 4.24. The second kappa shape index (κ2) is 8.18. The second-order valence-corrected chi connectivity index (χ2v) is 6.59. The molecule has 6 nitrogen and oxygen atoms in total. The lowest BCUT2D eigenvalue weighted by atomic mass is 9.91. The summed E-state index contributed by atoms with van der Waals surface area (Å²) in [5.41, 5.74) is 7.60. The Bertz CT molecular complexity index is 930. The average molecular weight is 389 g/mol. The lowest BCUT2D eigenvalue weighted by molar-refractivity contribution is 0.139. The molecule has 0 atom stereocenters. The normalized spacial score (nSPS) is 14.7. The molecular weight excluding hydrogens is 364 g/mol. The van der Waals surface area contributed by atoms with Crippen molar-refractivity contribution in [3.8, 4) is 11.6 Å². The number of hydrogen-bond acceptors (Lipinski definition) is 5. The van der Waals surface area contributed by atoms with Crippen molar-refractivity contribution in [2.24, 2.45) is 5.73 Å². The average Bonchev–Trinajstić information content (AvgIpc) is 3.15. The number of halogens is 2. The van der Waals surface area contributed by atoms with Crippen LogP contribution in [-0.4, -0.2) is 26.5 Å². The molecule has 1 aliphatic rings. The van der Waals surface area contributed by atoms with Gasteiger partial charge in [-0.1, -0.05) is 43.3 Å². The van der Waals surface area contributed by atoms with Gasteiger partial charge < -0.3 is 10.3 Å². The molecule has 1 aromatic carbocycles. The molecule has 2 aromatic heterocycles. The molecule has 0 unspecified atom stereocenters. The van der Waals surface area contributed by atoms with Gasteiger partial charge in [-0.3, -0.25) is 4.68 Å². The van der Waals surface area contributed by atoms with Crippen molar-refractivity contribution in [2.45, 2.75) is 52.0 Å². The van der Waals surface area contributed by atoms with Crippen LogP contribution >= 0.6 is 0 Å². The maximum Gasteiger partial charge on any atom is 0.280 e. The van der Waals surface area contributed by atoms with E-state index in [0.29, 0.717) is 5.82 Å². The number of alkyl halides is 2. The Hall–Kier alpha value is -2.61. The number of aromatic nitrogens is 4. The minimum Gasteiger partial charge on any atom is -0.332 e. The highest BCUT2D eigenvalue weighted by molar-refractivity contribution is 5.50. The molecule has 0 aliphatic heterocycles. The Labute approximate surface area is 162 Å². The van der Waals surface area contributed by atoms with Crippen LogP contribution in [0.3, 0.4) is 0 Å². The van der Waals surface area contributed by atoms with Gasteiger partial charge >= 0.3 is 0 Å². The minimum atomic E-state index is -2.65. The number of rotatable bonds is 6. The van der Waals surface area contributed by atoms with Gasteiger partial charge in [0.2, 0.25) is 0 Å². The first-order valence-corrected chi connectivity index (χ1v) is 9.52. The van der Waals surface area contributed by atoms with Gasteiger partial charge in [0.15, 0.2) is 11.5 Å². The Morgan fingerprint density at radius 2 is 1.96 bits per heavy atom. The lowest BCUT2D eigenvalue weighted by Crippen LogP contribution is -2.13. The lowest BCUT2D eigenvalue weighted by Gasteiger charge is -2.13. The van der Waals surface area contributed by atoms with Crippen molar-refractivity contribution in [1.29, 1.82) is 0 Å². The molecule has 2 heterocycles. The zero-order chi connectivity index (χ0) is 20.3. The van der Waals surface area contributed by atoms with Crippen molar-refractivity contribution in [2.75, 3.05) is 6.54 Å². The quantitative estimate of drug-likeness (QED) is 0.682. The van der Waals surface area contributed by atoms with Crippen molar-refractivity contribution in [3.63, 3.8) is 0 Å². The van der Waals surface area contributed by atoms with E-state index in [9.17, 15) is 8.78 Å². The number of aryl methyl sites for hydroxylation is 1. The molecule has 8 heteroatoms. The van der Waals surface area contributed by atoms with Crippen LogP contribution in [0.1, 0.15) is 55.8 Å². The Morgan fingerprint density at radius 1 is 1.25 bits per heavy atom. The topological polar surface area (TPSA) is 82.8 Å². The molecule has 3 aromatic rings. The number of benzene rings is 1. The highest BCUT2D eigenvalue weighted by atomic mass is 19.3. The fourth-order valence-electron chi connectivity index (χ4n) is 3.38. The molecular formula is C20H25F2N5O. The Balaban J connectivity index is 0.00000109. The second-order valence-electron chi connectivity index (χ2n) is 6.59. The van der Waals surface area contributed by atoms with Crippen LogP contribution in [0.15, 0.2) is 34.9 Å². The van der Waals surface area contributed by atoms with Gasteiger partial charge in [0.05, 0.1) is 12.0 Å². The van der Waals surface area contributed by atoms with Crippen LogP contribution in [-0.2, 0) is 12.0 Å². The Kier molecular flexibility index (Phi) is 5.88. The highest BCUT2D eigenvalue weighted by Crippen LogP contribution is 2.53. The number of hydrogen-bond donors (Lipinski definition) is 1. The van der Waals surface area contributed by atoms with E-state index >= 15 is 0 Å². The van der Waals surface area contributed by atoms with E-state index in [1.807, 2.05) is 26.0 Å². The van der Waals surface area contributed by atoms with Crippen LogP contribution in [0.4, 0.5) is 8.78 Å². The van der Waals surface area contributed by atoms with Crippen molar-refractivity contribution >= 4 is 0 Å². The van der Waals surface area contributed by atoms with Gasteiger partial charge in [-0.15, -0.1) is 0 Å². The molecule has 1 saturated carbocycles. The van der Waals surface area contributed by atoms with Gasteiger partial charge in [-0.25, -0.2) is 8.78 Å². The third-order valence-corrected chi connectivity index (χ3v) is 4.86. The predicted molar refractivity (Wildman–Crippen MR) is 102 cm³/mol. The van der Waals surface area contributed by atoms with E-state index in [0.717, 1.165) is 12.8 Å². The molecule has 0 radical (unpaired) electrons. The monoisotopic (exact) mass is 389 g/mol. The summed E-state index contributed by atoms with van der Waals surface area (Å²) in [5.74, 6) is 0.728. The molecule has 0 bridgehead atoms. The van der Waals surface area contributed by atoms with Crippen molar-refractivity contribution in [3.05, 3.63) is 53.0 Å². The summed E-state index contributed by atoms with van der Waals surface area (Å²) in [4.78, 5) is 4.48. The third-order valence-electron chi connectivity index (χ3n) is 4.86. The molecule has 1 fully saturated rings. The first-order chi connectivity index (χ1) is 13.5. The van der Waals surface area contributed by atoms with E-state index < -0.39 is 6.43 Å². The molecule has 0 spiro atoms. The molecule has 0 saturated heterocycles. The molecule has 28 heavy (non-hydrogen) atoms.